The van der Waals surface area contributed by atoms with Crippen LogP contribution in [0.2, 0.25) is 0 Å². The molecule has 0 spiro atoms. The van der Waals surface area contributed by atoms with Crippen LogP contribution >= 0.6 is 0 Å². The fourth-order valence-corrected chi connectivity index (χ4v) is 2.06. The Labute approximate surface area is 123 Å². The molecule has 0 fully saturated rings. The van der Waals surface area contributed by atoms with Crippen molar-refractivity contribution < 1.29 is 9.13 Å². The summed E-state index contributed by atoms with van der Waals surface area (Å²) < 4.78 is 18.9. The second-order valence-electron chi connectivity index (χ2n) is 5.02. The third-order valence-corrected chi connectivity index (χ3v) is 3.30. The van der Waals surface area contributed by atoms with Gasteiger partial charge in [-0.15, -0.1) is 0 Å². The van der Waals surface area contributed by atoms with E-state index in [9.17, 15) is 4.39 Å². The lowest BCUT2D eigenvalue weighted by Gasteiger charge is -2.13. The quantitative estimate of drug-likeness (QED) is 0.933. The summed E-state index contributed by atoms with van der Waals surface area (Å²) in [5, 5.41) is 9.02. The lowest BCUT2D eigenvalue weighted by atomic mass is 10.1. The maximum atomic E-state index is 13.3. The second kappa shape index (κ2) is 6.38. The first-order valence-electron chi connectivity index (χ1n) is 6.68. The number of benzene rings is 2. The highest BCUT2D eigenvalue weighted by Gasteiger charge is 2.08. The summed E-state index contributed by atoms with van der Waals surface area (Å²) in [5.74, 6) is 0.323. The highest BCUT2D eigenvalue weighted by Crippen LogP contribution is 2.23. The van der Waals surface area contributed by atoms with E-state index >= 15 is 0 Å². The van der Waals surface area contributed by atoms with Gasteiger partial charge >= 0.3 is 0 Å². The molecule has 3 nitrogen and oxygen atoms in total. The SMILES string of the molecule is Cc1cc([C@@H](C)N)ccc1OCc1cc(F)ccc1C#N. The van der Waals surface area contributed by atoms with Gasteiger partial charge in [0.15, 0.2) is 0 Å². The van der Waals surface area contributed by atoms with Crippen LogP contribution in [0.25, 0.3) is 0 Å². The van der Waals surface area contributed by atoms with Crippen LogP contribution in [0.15, 0.2) is 36.4 Å². The van der Waals surface area contributed by atoms with E-state index in [2.05, 4.69) is 0 Å². The van der Waals surface area contributed by atoms with Crippen LogP contribution in [0.3, 0.4) is 0 Å². The number of ether oxygens (including phenoxy) is 1. The van der Waals surface area contributed by atoms with Gasteiger partial charge in [0.25, 0.3) is 0 Å². The van der Waals surface area contributed by atoms with Crippen molar-refractivity contribution in [1.29, 1.82) is 5.26 Å². The second-order valence-corrected chi connectivity index (χ2v) is 5.02. The van der Waals surface area contributed by atoms with Gasteiger partial charge in [-0.3, -0.25) is 0 Å². The predicted molar refractivity (Wildman–Crippen MR) is 79.2 cm³/mol. The van der Waals surface area contributed by atoms with E-state index in [1.807, 2.05) is 38.1 Å². The number of hydrogen-bond donors (Lipinski definition) is 1. The Morgan fingerprint density at radius 1 is 1.29 bits per heavy atom. The molecule has 4 heteroatoms. The third-order valence-electron chi connectivity index (χ3n) is 3.30. The summed E-state index contributed by atoms with van der Waals surface area (Å²) >= 11 is 0. The van der Waals surface area contributed by atoms with Gasteiger partial charge in [-0.05, 0) is 49.2 Å². The van der Waals surface area contributed by atoms with Crippen LogP contribution in [0.5, 0.6) is 5.75 Å². The summed E-state index contributed by atoms with van der Waals surface area (Å²) in [6.45, 7) is 4.00. The number of aryl methyl sites for hydroxylation is 1. The molecule has 0 saturated heterocycles. The van der Waals surface area contributed by atoms with E-state index in [1.54, 1.807) is 0 Å². The Morgan fingerprint density at radius 3 is 2.67 bits per heavy atom. The van der Waals surface area contributed by atoms with Gasteiger partial charge in [0, 0.05) is 11.6 Å². The molecule has 0 bridgehead atoms. The molecule has 2 rings (SSSR count). The highest BCUT2D eigenvalue weighted by atomic mass is 19.1. The Kier molecular flexibility index (Phi) is 4.56. The third kappa shape index (κ3) is 3.59. The highest BCUT2D eigenvalue weighted by molar-refractivity contribution is 5.40. The van der Waals surface area contributed by atoms with Crippen molar-refractivity contribution in [1.82, 2.24) is 0 Å². The van der Waals surface area contributed by atoms with Gasteiger partial charge in [-0.1, -0.05) is 12.1 Å². The summed E-state index contributed by atoms with van der Waals surface area (Å²) in [7, 11) is 0. The molecule has 1 atom stereocenters. The summed E-state index contributed by atoms with van der Waals surface area (Å²) in [6.07, 6.45) is 0. The van der Waals surface area contributed by atoms with Crippen molar-refractivity contribution >= 4 is 0 Å². The minimum atomic E-state index is -0.378. The topological polar surface area (TPSA) is 59.0 Å². The Morgan fingerprint density at radius 2 is 2.05 bits per heavy atom. The zero-order chi connectivity index (χ0) is 15.4. The van der Waals surface area contributed by atoms with Gasteiger partial charge < -0.3 is 10.5 Å². The van der Waals surface area contributed by atoms with Crippen molar-refractivity contribution in [3.63, 3.8) is 0 Å². The van der Waals surface area contributed by atoms with E-state index in [1.165, 1.54) is 18.2 Å². The molecule has 2 aromatic carbocycles. The van der Waals surface area contributed by atoms with Gasteiger partial charge in [-0.25, -0.2) is 4.39 Å². The number of nitrogens with two attached hydrogens (primary N) is 1. The minimum Gasteiger partial charge on any atom is -0.489 e. The van der Waals surface area contributed by atoms with E-state index in [0.717, 1.165) is 11.1 Å². The molecule has 2 N–H and O–H groups in total. The Balaban J connectivity index is 2.17. The maximum Gasteiger partial charge on any atom is 0.123 e. The average Bonchev–Trinajstić information content (AvgIpc) is 2.46. The predicted octanol–water partition coefficient (Wildman–Crippen LogP) is 3.60. The normalized spacial score (nSPS) is 11.8. The molecule has 0 heterocycles. The summed E-state index contributed by atoms with van der Waals surface area (Å²) in [5.41, 5.74) is 8.78. The molecular formula is C17H17FN2O. The maximum absolute atomic E-state index is 13.3. The minimum absolute atomic E-state index is 0.0360. The molecule has 2 aromatic rings. The van der Waals surface area contributed by atoms with E-state index in [-0.39, 0.29) is 18.5 Å². The van der Waals surface area contributed by atoms with Crippen LogP contribution in [-0.2, 0) is 6.61 Å². The molecule has 0 aromatic heterocycles. The van der Waals surface area contributed by atoms with Crippen LogP contribution in [0.1, 0.15) is 35.2 Å². The van der Waals surface area contributed by atoms with Gasteiger partial charge in [-0.2, -0.15) is 5.26 Å². The Hall–Kier alpha value is -2.38. The monoisotopic (exact) mass is 284 g/mol. The summed E-state index contributed by atoms with van der Waals surface area (Å²) in [6, 6.07) is 11.8. The van der Waals surface area contributed by atoms with E-state index in [0.29, 0.717) is 16.9 Å². The first-order chi connectivity index (χ1) is 10.0. The molecule has 108 valence electrons. The standard InChI is InChI=1S/C17H17FN2O/c1-11-7-13(12(2)20)4-6-17(11)21-10-15-8-16(18)5-3-14(15)9-19/h3-8,12H,10,20H2,1-2H3/t12-/m1/s1. The molecule has 0 aliphatic heterocycles. The lowest BCUT2D eigenvalue weighted by molar-refractivity contribution is 0.303. The molecule has 0 amide bonds. The van der Waals surface area contributed by atoms with Crippen molar-refractivity contribution in [2.75, 3.05) is 0 Å². The van der Waals surface area contributed by atoms with Crippen molar-refractivity contribution in [2.24, 2.45) is 5.73 Å². The fraction of sp³-hybridized carbons (Fsp3) is 0.235. The van der Waals surface area contributed by atoms with Crippen molar-refractivity contribution in [3.05, 3.63) is 64.5 Å². The van der Waals surface area contributed by atoms with Gasteiger partial charge in [0.2, 0.25) is 0 Å². The number of rotatable bonds is 4. The van der Waals surface area contributed by atoms with E-state index in [4.69, 9.17) is 15.7 Å². The molecular weight excluding hydrogens is 267 g/mol. The molecule has 0 unspecified atom stereocenters. The number of nitrogens with zero attached hydrogens (tertiary/aromatic N) is 1. The van der Waals surface area contributed by atoms with E-state index < -0.39 is 0 Å². The first-order valence-corrected chi connectivity index (χ1v) is 6.68. The van der Waals surface area contributed by atoms with Gasteiger partial charge in [0.05, 0.1) is 11.6 Å². The van der Waals surface area contributed by atoms with Gasteiger partial charge in [0.1, 0.15) is 18.2 Å². The van der Waals surface area contributed by atoms with Crippen LogP contribution < -0.4 is 10.5 Å². The molecule has 0 aliphatic carbocycles. The fourth-order valence-electron chi connectivity index (χ4n) is 2.06. The smallest absolute Gasteiger partial charge is 0.123 e. The average molecular weight is 284 g/mol. The molecule has 21 heavy (non-hydrogen) atoms. The molecule has 0 aliphatic rings. The van der Waals surface area contributed by atoms with Crippen LogP contribution in [0.4, 0.5) is 4.39 Å². The number of hydrogen-bond acceptors (Lipinski definition) is 3. The lowest BCUT2D eigenvalue weighted by Crippen LogP contribution is -2.06. The number of halogens is 1. The summed E-state index contributed by atoms with van der Waals surface area (Å²) in [4.78, 5) is 0. The van der Waals surface area contributed by atoms with Crippen LogP contribution in [0, 0.1) is 24.1 Å². The zero-order valence-corrected chi connectivity index (χ0v) is 12.1. The molecule has 0 saturated carbocycles. The van der Waals surface area contributed by atoms with Crippen molar-refractivity contribution in [3.8, 4) is 11.8 Å². The van der Waals surface area contributed by atoms with Crippen LogP contribution in [-0.4, -0.2) is 0 Å². The largest absolute Gasteiger partial charge is 0.489 e. The first kappa shape index (κ1) is 15.0. The zero-order valence-electron chi connectivity index (χ0n) is 12.1. The molecule has 0 radical (unpaired) electrons. The number of nitriles is 1. The Bertz CT molecular complexity index is 690. The van der Waals surface area contributed by atoms with Crippen molar-refractivity contribution in [2.45, 2.75) is 26.5 Å².